The van der Waals surface area contributed by atoms with Gasteiger partial charge in [-0.05, 0) is 42.7 Å². The molecule has 0 radical (unpaired) electrons. The van der Waals surface area contributed by atoms with E-state index in [0.717, 1.165) is 35.7 Å². The van der Waals surface area contributed by atoms with Gasteiger partial charge in [-0.2, -0.15) is 0 Å². The Morgan fingerprint density at radius 1 is 0.964 bits per heavy atom. The van der Waals surface area contributed by atoms with Crippen LogP contribution in [0.5, 0.6) is 0 Å². The van der Waals surface area contributed by atoms with E-state index in [1.807, 2.05) is 12.1 Å². The maximum absolute atomic E-state index is 13.0. The first-order valence-electron chi connectivity index (χ1n) is 9.40. The fraction of sp³-hybridized carbons (Fsp3) is 0.227. The summed E-state index contributed by atoms with van der Waals surface area (Å²) in [5.41, 5.74) is 3.19. The number of hydrogen-bond acceptors (Lipinski definition) is 4. The van der Waals surface area contributed by atoms with Crippen molar-refractivity contribution in [3.05, 3.63) is 77.9 Å². The molecule has 0 atom stereocenters. The molecule has 1 aromatic heterocycles. The van der Waals surface area contributed by atoms with Crippen LogP contribution in [0.4, 0.5) is 10.2 Å². The minimum atomic E-state index is -0.289. The third kappa shape index (κ3) is 4.01. The topological polar surface area (TPSA) is 58.1 Å². The Kier molecular flexibility index (Phi) is 5.28. The lowest BCUT2D eigenvalue weighted by atomic mass is 10.1. The Morgan fingerprint density at radius 3 is 2.36 bits per heavy atom. The molecule has 2 heterocycles. The van der Waals surface area contributed by atoms with Crippen molar-refractivity contribution in [1.29, 1.82) is 0 Å². The van der Waals surface area contributed by atoms with E-state index in [1.165, 1.54) is 25.0 Å². The molecule has 1 fully saturated rings. The molecule has 0 bridgehead atoms. The number of anilines is 1. The summed E-state index contributed by atoms with van der Waals surface area (Å²) in [7, 11) is 0. The molecule has 0 aliphatic carbocycles. The average Bonchev–Trinajstić information content (AvgIpc) is 3.28. The van der Waals surface area contributed by atoms with Crippen LogP contribution in [0.2, 0.25) is 0 Å². The Labute approximate surface area is 163 Å². The predicted molar refractivity (Wildman–Crippen MR) is 106 cm³/mol. The van der Waals surface area contributed by atoms with E-state index in [1.54, 1.807) is 36.7 Å². The van der Waals surface area contributed by atoms with Crippen LogP contribution in [0.3, 0.4) is 0 Å². The van der Waals surface area contributed by atoms with Gasteiger partial charge in [-0.15, -0.1) is 0 Å². The zero-order valence-corrected chi connectivity index (χ0v) is 15.4. The first kappa shape index (κ1) is 18.1. The monoisotopic (exact) mass is 376 g/mol. The molecular formula is C22H21FN4O. The highest BCUT2D eigenvalue weighted by molar-refractivity contribution is 5.94. The van der Waals surface area contributed by atoms with E-state index in [2.05, 4.69) is 20.2 Å². The van der Waals surface area contributed by atoms with Crippen molar-refractivity contribution in [3.63, 3.8) is 0 Å². The summed E-state index contributed by atoms with van der Waals surface area (Å²) in [6.07, 6.45) is 5.75. The smallest absolute Gasteiger partial charge is 0.251 e. The number of aromatic nitrogens is 2. The second kappa shape index (κ2) is 8.17. The minimum Gasteiger partial charge on any atom is -0.355 e. The molecule has 1 amide bonds. The van der Waals surface area contributed by atoms with E-state index < -0.39 is 0 Å². The van der Waals surface area contributed by atoms with Gasteiger partial charge in [0, 0.05) is 43.2 Å². The van der Waals surface area contributed by atoms with Gasteiger partial charge >= 0.3 is 0 Å². The number of carbonyl (C=O) groups is 1. The quantitative estimate of drug-likeness (QED) is 0.736. The minimum absolute atomic E-state index is 0.171. The van der Waals surface area contributed by atoms with E-state index in [-0.39, 0.29) is 11.7 Å². The second-order valence-electron chi connectivity index (χ2n) is 6.81. The van der Waals surface area contributed by atoms with Crippen molar-refractivity contribution in [3.8, 4) is 11.3 Å². The number of nitrogens with zero attached hydrogens (tertiary/aromatic N) is 3. The van der Waals surface area contributed by atoms with E-state index >= 15 is 0 Å². The molecule has 0 unspecified atom stereocenters. The molecule has 142 valence electrons. The summed E-state index contributed by atoms with van der Waals surface area (Å²) >= 11 is 0. The van der Waals surface area contributed by atoms with Crippen LogP contribution in [-0.4, -0.2) is 29.0 Å². The number of rotatable bonds is 5. The molecule has 0 saturated carbocycles. The molecule has 2 aromatic carbocycles. The summed E-state index contributed by atoms with van der Waals surface area (Å²) in [6.45, 7) is 2.34. The van der Waals surface area contributed by atoms with Gasteiger partial charge in [0.1, 0.15) is 11.5 Å². The molecule has 1 aliphatic rings. The van der Waals surface area contributed by atoms with E-state index in [0.29, 0.717) is 12.1 Å². The molecule has 4 rings (SSSR count). The lowest BCUT2D eigenvalue weighted by molar-refractivity contribution is 0.0951. The van der Waals surface area contributed by atoms with Crippen molar-refractivity contribution in [2.75, 3.05) is 18.0 Å². The second-order valence-corrected chi connectivity index (χ2v) is 6.81. The standard InChI is InChI=1S/C22H21FN4O/c23-19-9-3-16(4-10-19)15-26-22(28)18-7-5-17(6-8-18)20-21(25-12-11-24-20)27-13-1-2-14-27/h3-12H,1-2,13-15H2,(H,26,28). The van der Waals surface area contributed by atoms with Crippen LogP contribution < -0.4 is 10.2 Å². The molecule has 6 heteroatoms. The van der Waals surface area contributed by atoms with Gasteiger partial charge in [-0.3, -0.25) is 9.78 Å². The predicted octanol–water partition coefficient (Wildman–Crippen LogP) is 3.81. The van der Waals surface area contributed by atoms with Crippen LogP contribution in [0.25, 0.3) is 11.3 Å². The Balaban J connectivity index is 1.47. The van der Waals surface area contributed by atoms with Crippen LogP contribution in [0.15, 0.2) is 60.9 Å². The maximum Gasteiger partial charge on any atom is 0.251 e. The molecule has 5 nitrogen and oxygen atoms in total. The molecule has 1 aliphatic heterocycles. The van der Waals surface area contributed by atoms with Crippen LogP contribution in [0.1, 0.15) is 28.8 Å². The van der Waals surface area contributed by atoms with Crippen molar-refractivity contribution in [1.82, 2.24) is 15.3 Å². The number of carbonyl (C=O) groups excluding carboxylic acids is 1. The Hall–Kier alpha value is -3.28. The number of hydrogen-bond donors (Lipinski definition) is 1. The van der Waals surface area contributed by atoms with Gasteiger partial charge in [0.25, 0.3) is 5.91 Å². The largest absolute Gasteiger partial charge is 0.355 e. The van der Waals surface area contributed by atoms with E-state index in [4.69, 9.17) is 0 Å². The van der Waals surface area contributed by atoms with Crippen LogP contribution in [0, 0.1) is 5.82 Å². The van der Waals surface area contributed by atoms with Crippen LogP contribution in [-0.2, 0) is 6.54 Å². The third-order valence-corrected chi connectivity index (χ3v) is 4.87. The van der Waals surface area contributed by atoms with Gasteiger partial charge in [0.15, 0.2) is 5.82 Å². The van der Waals surface area contributed by atoms with Gasteiger partial charge < -0.3 is 10.2 Å². The van der Waals surface area contributed by atoms with Crippen molar-refractivity contribution >= 4 is 11.7 Å². The number of amides is 1. The van der Waals surface area contributed by atoms with Crippen molar-refractivity contribution in [2.24, 2.45) is 0 Å². The first-order chi connectivity index (χ1) is 13.7. The van der Waals surface area contributed by atoms with Gasteiger partial charge in [-0.25, -0.2) is 9.37 Å². The summed E-state index contributed by atoms with van der Waals surface area (Å²) in [6, 6.07) is 13.5. The highest BCUT2D eigenvalue weighted by atomic mass is 19.1. The first-order valence-corrected chi connectivity index (χ1v) is 9.40. The highest BCUT2D eigenvalue weighted by Crippen LogP contribution is 2.29. The molecule has 0 spiro atoms. The normalized spacial score (nSPS) is 13.5. The molecule has 3 aromatic rings. The van der Waals surface area contributed by atoms with Gasteiger partial charge in [0.05, 0.1) is 0 Å². The maximum atomic E-state index is 13.0. The zero-order valence-electron chi connectivity index (χ0n) is 15.4. The number of benzene rings is 2. The zero-order chi connectivity index (χ0) is 19.3. The van der Waals surface area contributed by atoms with Crippen LogP contribution >= 0.6 is 0 Å². The molecular weight excluding hydrogens is 355 g/mol. The summed E-state index contributed by atoms with van der Waals surface area (Å²) in [5.74, 6) is 0.436. The van der Waals surface area contributed by atoms with Crippen molar-refractivity contribution < 1.29 is 9.18 Å². The SMILES string of the molecule is O=C(NCc1ccc(F)cc1)c1ccc(-c2nccnc2N2CCCC2)cc1. The Bertz CT molecular complexity index is 951. The molecule has 28 heavy (non-hydrogen) atoms. The van der Waals surface area contributed by atoms with Gasteiger partial charge in [-0.1, -0.05) is 24.3 Å². The van der Waals surface area contributed by atoms with Gasteiger partial charge in [0.2, 0.25) is 0 Å². The third-order valence-electron chi connectivity index (χ3n) is 4.87. The summed E-state index contributed by atoms with van der Waals surface area (Å²) in [5, 5.41) is 2.85. The highest BCUT2D eigenvalue weighted by Gasteiger charge is 2.18. The van der Waals surface area contributed by atoms with E-state index in [9.17, 15) is 9.18 Å². The molecule has 1 saturated heterocycles. The summed E-state index contributed by atoms with van der Waals surface area (Å²) in [4.78, 5) is 23.7. The Morgan fingerprint density at radius 2 is 1.64 bits per heavy atom. The lowest BCUT2D eigenvalue weighted by Crippen LogP contribution is -2.22. The lowest BCUT2D eigenvalue weighted by Gasteiger charge is -2.19. The summed E-state index contributed by atoms with van der Waals surface area (Å²) < 4.78 is 13.0. The fourth-order valence-electron chi connectivity index (χ4n) is 3.36. The fourth-order valence-corrected chi connectivity index (χ4v) is 3.36. The molecule has 1 N–H and O–H groups in total. The average molecular weight is 376 g/mol. The number of nitrogens with one attached hydrogen (secondary N) is 1. The number of halogens is 1. The van der Waals surface area contributed by atoms with Crippen molar-refractivity contribution in [2.45, 2.75) is 19.4 Å².